The van der Waals surface area contributed by atoms with Crippen LogP contribution >= 0.6 is 0 Å². The van der Waals surface area contributed by atoms with Crippen molar-refractivity contribution >= 4 is 0 Å². The normalized spacial score (nSPS) is 25.6. The summed E-state index contributed by atoms with van der Waals surface area (Å²) in [5, 5.41) is 0. The van der Waals surface area contributed by atoms with Gasteiger partial charge in [0.25, 0.3) is 0 Å². The standard InChI is InChI=1S/C14H18O4/c1-2-15-14-7-11(8-16-14)5-10-3-4-12-13(6-10)18-9-17-12/h3-4,6,11,14H,2,5,7-9H2,1H3. The van der Waals surface area contributed by atoms with Crippen molar-refractivity contribution in [2.75, 3.05) is 20.0 Å². The number of hydrogen-bond donors (Lipinski definition) is 0. The molecule has 0 bridgehead atoms. The topological polar surface area (TPSA) is 36.9 Å². The molecule has 0 aliphatic carbocycles. The molecule has 3 rings (SSSR count). The highest BCUT2D eigenvalue weighted by atomic mass is 16.7. The molecule has 2 aliphatic heterocycles. The van der Waals surface area contributed by atoms with Crippen LogP contribution in [-0.2, 0) is 15.9 Å². The number of hydrogen-bond acceptors (Lipinski definition) is 4. The minimum Gasteiger partial charge on any atom is -0.454 e. The molecule has 2 unspecified atom stereocenters. The fraction of sp³-hybridized carbons (Fsp3) is 0.571. The molecule has 1 aromatic carbocycles. The molecule has 2 aliphatic rings. The third-order valence-electron chi connectivity index (χ3n) is 3.36. The molecule has 98 valence electrons. The van der Waals surface area contributed by atoms with Crippen LogP contribution in [0.2, 0.25) is 0 Å². The highest BCUT2D eigenvalue weighted by molar-refractivity contribution is 5.44. The van der Waals surface area contributed by atoms with Crippen molar-refractivity contribution in [1.29, 1.82) is 0 Å². The average molecular weight is 250 g/mol. The van der Waals surface area contributed by atoms with Gasteiger partial charge in [-0.05, 0) is 37.0 Å². The molecule has 0 aromatic heterocycles. The van der Waals surface area contributed by atoms with Crippen molar-refractivity contribution in [3.63, 3.8) is 0 Å². The molecule has 2 atom stereocenters. The fourth-order valence-electron chi connectivity index (χ4n) is 2.50. The van der Waals surface area contributed by atoms with E-state index in [-0.39, 0.29) is 6.29 Å². The number of ether oxygens (including phenoxy) is 4. The van der Waals surface area contributed by atoms with Crippen molar-refractivity contribution < 1.29 is 18.9 Å². The van der Waals surface area contributed by atoms with Crippen LogP contribution in [0.25, 0.3) is 0 Å². The zero-order valence-electron chi connectivity index (χ0n) is 10.6. The first-order valence-corrected chi connectivity index (χ1v) is 6.47. The molecule has 0 radical (unpaired) electrons. The van der Waals surface area contributed by atoms with Crippen LogP contribution in [0.15, 0.2) is 18.2 Å². The molecule has 1 fully saturated rings. The van der Waals surface area contributed by atoms with Crippen molar-refractivity contribution in [2.24, 2.45) is 5.92 Å². The molecule has 0 spiro atoms. The van der Waals surface area contributed by atoms with E-state index in [0.29, 0.717) is 19.3 Å². The number of benzene rings is 1. The predicted molar refractivity (Wildman–Crippen MR) is 65.7 cm³/mol. The Labute approximate surface area is 107 Å². The zero-order valence-corrected chi connectivity index (χ0v) is 10.6. The molecular weight excluding hydrogens is 232 g/mol. The van der Waals surface area contributed by atoms with Crippen molar-refractivity contribution in [3.8, 4) is 11.5 Å². The van der Waals surface area contributed by atoms with Crippen LogP contribution in [0.5, 0.6) is 11.5 Å². The van der Waals surface area contributed by atoms with E-state index in [9.17, 15) is 0 Å². The molecule has 0 saturated carbocycles. The summed E-state index contributed by atoms with van der Waals surface area (Å²) in [6, 6.07) is 6.14. The van der Waals surface area contributed by atoms with Crippen LogP contribution < -0.4 is 9.47 Å². The van der Waals surface area contributed by atoms with Gasteiger partial charge in [-0.15, -0.1) is 0 Å². The van der Waals surface area contributed by atoms with Crippen LogP contribution in [-0.4, -0.2) is 26.3 Å². The van der Waals surface area contributed by atoms with Crippen LogP contribution in [0.3, 0.4) is 0 Å². The Morgan fingerprint density at radius 1 is 1.28 bits per heavy atom. The summed E-state index contributed by atoms with van der Waals surface area (Å²) in [6.45, 7) is 3.81. The molecule has 1 aromatic rings. The van der Waals surface area contributed by atoms with Gasteiger partial charge in [0.1, 0.15) is 0 Å². The maximum Gasteiger partial charge on any atom is 0.231 e. The smallest absolute Gasteiger partial charge is 0.231 e. The Bertz CT molecular complexity index is 418. The first-order valence-electron chi connectivity index (χ1n) is 6.47. The van der Waals surface area contributed by atoms with Crippen LogP contribution in [0, 0.1) is 5.92 Å². The van der Waals surface area contributed by atoms with Gasteiger partial charge < -0.3 is 18.9 Å². The summed E-state index contributed by atoms with van der Waals surface area (Å²) >= 11 is 0. The van der Waals surface area contributed by atoms with E-state index < -0.39 is 0 Å². The quantitative estimate of drug-likeness (QED) is 0.822. The maximum absolute atomic E-state index is 5.59. The maximum atomic E-state index is 5.59. The minimum atomic E-state index is -0.0194. The van der Waals surface area contributed by atoms with Crippen LogP contribution in [0.1, 0.15) is 18.9 Å². The lowest BCUT2D eigenvalue weighted by molar-refractivity contribution is -0.106. The van der Waals surface area contributed by atoms with Crippen LogP contribution in [0.4, 0.5) is 0 Å². The lowest BCUT2D eigenvalue weighted by Crippen LogP contribution is -2.10. The van der Waals surface area contributed by atoms with Gasteiger partial charge >= 0.3 is 0 Å². The van der Waals surface area contributed by atoms with Gasteiger partial charge in [-0.2, -0.15) is 0 Å². The molecular formula is C14H18O4. The van der Waals surface area contributed by atoms with E-state index in [1.807, 2.05) is 13.0 Å². The van der Waals surface area contributed by atoms with Crippen molar-refractivity contribution in [2.45, 2.75) is 26.1 Å². The van der Waals surface area contributed by atoms with Gasteiger partial charge in [-0.1, -0.05) is 6.07 Å². The van der Waals surface area contributed by atoms with E-state index in [2.05, 4.69) is 12.1 Å². The van der Waals surface area contributed by atoms with Gasteiger partial charge in [-0.3, -0.25) is 0 Å². The third kappa shape index (κ3) is 2.44. The summed E-state index contributed by atoms with van der Waals surface area (Å²) in [5.41, 5.74) is 1.27. The van der Waals surface area contributed by atoms with Gasteiger partial charge in [0.05, 0.1) is 6.61 Å². The van der Waals surface area contributed by atoms with E-state index in [1.165, 1.54) is 5.56 Å². The molecule has 2 heterocycles. The summed E-state index contributed by atoms with van der Waals surface area (Å²) in [5.74, 6) is 2.23. The van der Waals surface area contributed by atoms with Gasteiger partial charge in [0.15, 0.2) is 17.8 Å². The summed E-state index contributed by atoms with van der Waals surface area (Å²) < 4.78 is 21.8. The van der Waals surface area contributed by atoms with E-state index >= 15 is 0 Å². The minimum absolute atomic E-state index is 0.0194. The zero-order chi connectivity index (χ0) is 12.4. The second-order valence-corrected chi connectivity index (χ2v) is 4.71. The largest absolute Gasteiger partial charge is 0.454 e. The Kier molecular flexibility index (Phi) is 3.39. The molecule has 4 nitrogen and oxygen atoms in total. The van der Waals surface area contributed by atoms with E-state index in [0.717, 1.165) is 30.9 Å². The van der Waals surface area contributed by atoms with E-state index in [4.69, 9.17) is 18.9 Å². The molecule has 0 amide bonds. The first-order chi connectivity index (χ1) is 8.85. The highest BCUT2D eigenvalue weighted by Gasteiger charge is 2.26. The molecule has 18 heavy (non-hydrogen) atoms. The Morgan fingerprint density at radius 3 is 3.06 bits per heavy atom. The van der Waals surface area contributed by atoms with Gasteiger partial charge in [0, 0.05) is 13.0 Å². The molecule has 0 N–H and O–H groups in total. The van der Waals surface area contributed by atoms with Gasteiger partial charge in [0.2, 0.25) is 6.79 Å². The summed E-state index contributed by atoms with van der Waals surface area (Å²) in [6.07, 6.45) is 1.96. The second kappa shape index (κ2) is 5.16. The predicted octanol–water partition coefficient (Wildman–Crippen LogP) is 2.36. The molecule has 1 saturated heterocycles. The fourth-order valence-corrected chi connectivity index (χ4v) is 2.50. The van der Waals surface area contributed by atoms with Crippen molar-refractivity contribution in [1.82, 2.24) is 0 Å². The Morgan fingerprint density at radius 2 is 2.17 bits per heavy atom. The van der Waals surface area contributed by atoms with Gasteiger partial charge in [-0.25, -0.2) is 0 Å². The average Bonchev–Trinajstić information content (AvgIpc) is 2.98. The number of fused-ring (bicyclic) bond motifs is 1. The van der Waals surface area contributed by atoms with Crippen molar-refractivity contribution in [3.05, 3.63) is 23.8 Å². The lowest BCUT2D eigenvalue weighted by Gasteiger charge is -2.09. The Balaban J connectivity index is 1.60. The summed E-state index contributed by atoms with van der Waals surface area (Å²) in [7, 11) is 0. The summed E-state index contributed by atoms with van der Waals surface area (Å²) in [4.78, 5) is 0. The highest BCUT2D eigenvalue weighted by Crippen LogP contribution is 2.34. The second-order valence-electron chi connectivity index (χ2n) is 4.71. The monoisotopic (exact) mass is 250 g/mol. The SMILES string of the molecule is CCOC1CC(Cc2ccc3c(c2)OCO3)CO1. The third-order valence-corrected chi connectivity index (χ3v) is 3.36. The number of rotatable bonds is 4. The van der Waals surface area contributed by atoms with E-state index in [1.54, 1.807) is 0 Å². The lowest BCUT2D eigenvalue weighted by atomic mass is 9.98. The molecule has 4 heteroatoms. The first kappa shape index (κ1) is 11.8. The Hall–Kier alpha value is -1.26.